The molecule has 1 aliphatic carbocycles. The molecule has 0 unspecified atom stereocenters. The second-order valence-electron chi connectivity index (χ2n) is 15.6. The zero-order valence-electron chi connectivity index (χ0n) is 38.8. The summed E-state index contributed by atoms with van der Waals surface area (Å²) in [5, 5.41) is 0. The average molecular weight is 829 g/mol. The van der Waals surface area contributed by atoms with E-state index in [4.69, 9.17) is 4.74 Å². The van der Waals surface area contributed by atoms with Gasteiger partial charge in [0.1, 0.15) is 5.75 Å². The van der Waals surface area contributed by atoms with Gasteiger partial charge in [-0.05, 0) is 113 Å². The van der Waals surface area contributed by atoms with Crippen molar-refractivity contribution >= 4 is 50.6 Å². The minimum atomic E-state index is -1.11. The normalized spacial score (nSPS) is 14.3. The van der Waals surface area contributed by atoms with E-state index in [1.165, 1.54) is 66.7 Å². The summed E-state index contributed by atoms with van der Waals surface area (Å²) in [6, 6.07) is 48.9. The number of nitrogens with zero attached hydrogens (tertiary/aromatic N) is 2. The summed E-state index contributed by atoms with van der Waals surface area (Å²) in [6.45, 7) is 19.7. The minimum Gasteiger partial charge on any atom is -0.495 e. The van der Waals surface area contributed by atoms with E-state index >= 15 is 0 Å². The molecule has 0 saturated heterocycles. The first-order chi connectivity index (χ1) is 29.6. The van der Waals surface area contributed by atoms with Crippen LogP contribution in [0.4, 0.5) is 28.4 Å². The number of anilines is 5. The maximum atomic E-state index is 5.81. The Morgan fingerprint density at radius 1 is 0.639 bits per heavy atom. The molecule has 1 heterocycles. The summed E-state index contributed by atoms with van der Waals surface area (Å²) in [6.07, 6.45) is 19.0. The van der Waals surface area contributed by atoms with Crippen LogP contribution in [-0.4, -0.2) is 26.2 Å². The summed E-state index contributed by atoms with van der Waals surface area (Å²) >= 11 is 0. The molecule has 4 heteroatoms. The molecule has 1 aliphatic heterocycles. The highest BCUT2D eigenvalue weighted by Crippen LogP contribution is 2.67. The number of para-hydroxylation sites is 4. The van der Waals surface area contributed by atoms with Crippen molar-refractivity contribution in [2.75, 3.05) is 36.0 Å². The standard InChI is InChI=1S/C50H48N2OS.C3H8.2C2H6/c1-7-8-9-16-33-51(44-17-10-13-20-47(44)53-4)39-30-32-41-40-31-27-37(34-42(40)50(2,3)43(41)35-39)24-23-36-25-28-38(29-26-36)52-45-18-11-14-21-48(45)54(5,6)49-22-15-12-19-46(49)52;1-3-2;2*1-2/h7-32,34-35H,33H2,1-6H3;3H2,1-2H3;2*1-2H3/b8-7-,16-9-,24-23+;;;. The molecule has 2 aliphatic rings. The van der Waals surface area contributed by atoms with E-state index in [1.807, 2.05) is 52.8 Å². The molecular formula is C57H68N2OS. The predicted octanol–water partition coefficient (Wildman–Crippen LogP) is 17.2. The van der Waals surface area contributed by atoms with Crippen molar-refractivity contribution in [3.05, 3.63) is 180 Å². The van der Waals surface area contributed by atoms with Crippen LogP contribution in [0.1, 0.15) is 91.0 Å². The molecule has 0 fully saturated rings. The van der Waals surface area contributed by atoms with E-state index in [0.717, 1.165) is 23.7 Å². The van der Waals surface area contributed by atoms with E-state index in [1.54, 1.807) is 7.11 Å². The molecule has 3 nitrogen and oxygen atoms in total. The molecule has 8 rings (SSSR count). The molecule has 61 heavy (non-hydrogen) atoms. The third kappa shape index (κ3) is 9.61. The average Bonchev–Trinajstić information content (AvgIpc) is 3.52. The second-order valence-corrected chi connectivity index (χ2v) is 19.2. The Balaban J connectivity index is 0.000000951. The molecule has 318 valence electrons. The third-order valence-electron chi connectivity index (χ3n) is 11.0. The first-order valence-corrected chi connectivity index (χ1v) is 24.6. The number of methoxy groups -OCH3 is 1. The van der Waals surface area contributed by atoms with Crippen LogP contribution in [0.3, 0.4) is 0 Å². The summed E-state index contributed by atoms with van der Waals surface area (Å²) < 4.78 is 5.81. The highest BCUT2D eigenvalue weighted by Gasteiger charge is 2.36. The van der Waals surface area contributed by atoms with Crippen LogP contribution in [0.25, 0.3) is 23.3 Å². The first kappa shape index (κ1) is 46.4. The lowest BCUT2D eigenvalue weighted by Gasteiger charge is -2.45. The van der Waals surface area contributed by atoms with Crippen LogP contribution in [0.2, 0.25) is 0 Å². The highest BCUT2D eigenvalue weighted by atomic mass is 32.3. The topological polar surface area (TPSA) is 15.7 Å². The third-order valence-corrected chi connectivity index (χ3v) is 13.9. The Morgan fingerprint density at radius 2 is 1.16 bits per heavy atom. The smallest absolute Gasteiger partial charge is 0.142 e. The van der Waals surface area contributed by atoms with Gasteiger partial charge < -0.3 is 14.5 Å². The van der Waals surface area contributed by atoms with E-state index in [2.05, 4.69) is 202 Å². The molecule has 0 saturated carbocycles. The minimum absolute atomic E-state index is 0.156. The molecule has 0 aromatic heterocycles. The molecule has 0 N–H and O–H groups in total. The van der Waals surface area contributed by atoms with E-state index < -0.39 is 10.0 Å². The molecule has 6 aromatic carbocycles. The summed E-state index contributed by atoms with van der Waals surface area (Å²) in [5.41, 5.74) is 13.5. The highest BCUT2D eigenvalue weighted by molar-refractivity contribution is 8.33. The Morgan fingerprint density at radius 3 is 1.77 bits per heavy atom. The van der Waals surface area contributed by atoms with Crippen molar-refractivity contribution < 1.29 is 4.74 Å². The number of allylic oxidation sites excluding steroid dienone is 3. The van der Waals surface area contributed by atoms with Crippen LogP contribution >= 0.6 is 10.0 Å². The SMILES string of the molecule is C/C=C\C=C/CN(c1ccc2c(c1)C(C)(C)c1cc(/C=C/c3ccc(N4c5ccccc5S(C)(C)c5ccccc54)cc3)ccc1-2)c1ccccc1OC.CC.CC.CCC. The lowest BCUT2D eigenvalue weighted by molar-refractivity contribution is 0.415. The summed E-state index contributed by atoms with van der Waals surface area (Å²) in [5.74, 6) is 0.859. The van der Waals surface area contributed by atoms with Gasteiger partial charge in [0, 0.05) is 33.1 Å². The number of hydrogen-bond donors (Lipinski definition) is 0. The van der Waals surface area contributed by atoms with Crippen molar-refractivity contribution in [1.82, 2.24) is 0 Å². The molecule has 0 bridgehead atoms. The van der Waals surface area contributed by atoms with Gasteiger partial charge in [-0.3, -0.25) is 0 Å². The quantitative estimate of drug-likeness (QED) is 0.107. The van der Waals surface area contributed by atoms with Crippen molar-refractivity contribution in [3.63, 3.8) is 0 Å². The van der Waals surface area contributed by atoms with Crippen LogP contribution in [-0.2, 0) is 5.41 Å². The fourth-order valence-electron chi connectivity index (χ4n) is 8.17. The van der Waals surface area contributed by atoms with E-state index in [9.17, 15) is 0 Å². The number of fused-ring (bicyclic) bond motifs is 5. The van der Waals surface area contributed by atoms with Gasteiger partial charge in [0.15, 0.2) is 0 Å². The maximum absolute atomic E-state index is 5.81. The first-order valence-electron chi connectivity index (χ1n) is 22.1. The van der Waals surface area contributed by atoms with Gasteiger partial charge in [-0.15, -0.1) is 0 Å². The predicted molar refractivity (Wildman–Crippen MR) is 273 cm³/mol. The van der Waals surface area contributed by atoms with Crippen molar-refractivity contribution in [2.45, 2.75) is 83.9 Å². The van der Waals surface area contributed by atoms with Gasteiger partial charge >= 0.3 is 0 Å². The molecular weight excluding hydrogens is 761 g/mol. The molecule has 6 aromatic rings. The molecule has 0 amide bonds. The van der Waals surface area contributed by atoms with E-state index in [-0.39, 0.29) is 5.41 Å². The van der Waals surface area contributed by atoms with Crippen molar-refractivity contribution in [2.24, 2.45) is 0 Å². The molecule has 0 atom stereocenters. The zero-order chi connectivity index (χ0) is 44.2. The monoisotopic (exact) mass is 829 g/mol. The van der Waals surface area contributed by atoms with Gasteiger partial charge in [0.2, 0.25) is 0 Å². The number of rotatable bonds is 9. The zero-order valence-corrected chi connectivity index (χ0v) is 39.6. The Bertz CT molecular complexity index is 2400. The van der Waals surface area contributed by atoms with Gasteiger partial charge in [0.25, 0.3) is 0 Å². The van der Waals surface area contributed by atoms with Gasteiger partial charge in [0.05, 0.1) is 24.2 Å². The van der Waals surface area contributed by atoms with Crippen LogP contribution in [0.5, 0.6) is 5.75 Å². The number of benzene rings is 6. The van der Waals surface area contributed by atoms with Gasteiger partial charge in [-0.1, -0.05) is 171 Å². The Labute approximate surface area is 370 Å². The molecule has 0 spiro atoms. The lowest BCUT2D eigenvalue weighted by atomic mass is 9.81. The fourth-order valence-corrected chi connectivity index (χ4v) is 10.6. The van der Waals surface area contributed by atoms with E-state index in [0.29, 0.717) is 0 Å². The summed E-state index contributed by atoms with van der Waals surface area (Å²) in [4.78, 5) is 7.62. The second kappa shape index (κ2) is 21.2. The van der Waals surface area contributed by atoms with Crippen molar-refractivity contribution in [1.29, 1.82) is 0 Å². The van der Waals surface area contributed by atoms with Gasteiger partial charge in [-0.25, -0.2) is 0 Å². The Hall–Kier alpha value is -5.71. The molecule has 0 radical (unpaired) electrons. The van der Waals surface area contributed by atoms with Crippen LogP contribution < -0.4 is 14.5 Å². The van der Waals surface area contributed by atoms with Crippen molar-refractivity contribution in [3.8, 4) is 16.9 Å². The lowest BCUT2D eigenvalue weighted by Crippen LogP contribution is -2.20. The van der Waals surface area contributed by atoms with Crippen LogP contribution in [0.15, 0.2) is 168 Å². The largest absolute Gasteiger partial charge is 0.495 e. The number of hydrogen-bond acceptors (Lipinski definition) is 3. The maximum Gasteiger partial charge on any atom is 0.142 e. The number of ether oxygens (including phenoxy) is 1. The fraction of sp³-hybridized carbons (Fsp3) is 0.263. The summed E-state index contributed by atoms with van der Waals surface area (Å²) in [7, 11) is 0.632. The Kier molecular flexibility index (Phi) is 16.1. The van der Waals surface area contributed by atoms with Gasteiger partial charge in [-0.2, -0.15) is 10.0 Å². The van der Waals surface area contributed by atoms with Crippen LogP contribution in [0, 0.1) is 0 Å².